The third kappa shape index (κ3) is 2.75. The highest BCUT2D eigenvalue weighted by atomic mass is 16.5. The molecule has 3 nitrogen and oxygen atoms in total. The predicted molar refractivity (Wildman–Crippen MR) is 76.5 cm³/mol. The Morgan fingerprint density at radius 2 is 1.79 bits per heavy atom. The highest BCUT2D eigenvalue weighted by molar-refractivity contribution is 5.88. The van der Waals surface area contributed by atoms with E-state index >= 15 is 0 Å². The number of benzene rings is 1. The van der Waals surface area contributed by atoms with E-state index in [9.17, 15) is 4.79 Å². The molecular weight excluding hydrogens is 238 g/mol. The van der Waals surface area contributed by atoms with Gasteiger partial charge in [-0.15, -0.1) is 0 Å². The predicted octanol–water partition coefficient (Wildman–Crippen LogP) is 2.99. The van der Waals surface area contributed by atoms with Crippen molar-refractivity contribution in [1.29, 1.82) is 0 Å². The van der Waals surface area contributed by atoms with Crippen molar-refractivity contribution >= 4 is 5.91 Å². The summed E-state index contributed by atoms with van der Waals surface area (Å²) >= 11 is 0. The molecule has 0 aliphatic carbocycles. The summed E-state index contributed by atoms with van der Waals surface area (Å²) < 4.78 is 5.40. The van der Waals surface area contributed by atoms with Gasteiger partial charge in [-0.05, 0) is 39.2 Å². The number of hydrogen-bond acceptors (Lipinski definition) is 2. The number of carbonyl (C=O) groups excluding carboxylic acids is 1. The number of hydrogen-bond donors (Lipinski definition) is 0. The zero-order valence-corrected chi connectivity index (χ0v) is 12.1. The number of piperidine rings is 1. The summed E-state index contributed by atoms with van der Waals surface area (Å²) in [6, 6.07) is 7.80. The molecule has 1 heterocycles. The molecule has 1 aliphatic rings. The molecule has 1 aromatic carbocycles. The van der Waals surface area contributed by atoms with Crippen LogP contribution < -0.4 is 4.74 Å². The average Bonchev–Trinajstić information content (AvgIpc) is 2.47. The van der Waals surface area contributed by atoms with Crippen molar-refractivity contribution in [3.8, 4) is 5.75 Å². The lowest BCUT2D eigenvalue weighted by atomic mass is 9.82. The van der Waals surface area contributed by atoms with Crippen LogP contribution in [0.25, 0.3) is 0 Å². The molecule has 19 heavy (non-hydrogen) atoms. The Labute approximate surface area is 115 Å². The molecule has 0 unspecified atom stereocenters. The van der Waals surface area contributed by atoms with E-state index in [-0.39, 0.29) is 5.91 Å². The highest BCUT2D eigenvalue weighted by Gasteiger charge is 2.36. The van der Waals surface area contributed by atoms with E-state index in [1.807, 2.05) is 43.0 Å². The Balaban J connectivity index is 2.27. The fourth-order valence-electron chi connectivity index (χ4n) is 2.77. The first-order valence-electron chi connectivity index (χ1n) is 7.00. The average molecular weight is 261 g/mol. The summed E-state index contributed by atoms with van der Waals surface area (Å²) in [6.07, 6.45) is 3.47. The maximum absolute atomic E-state index is 12.8. The van der Waals surface area contributed by atoms with E-state index < -0.39 is 5.41 Å². The van der Waals surface area contributed by atoms with Crippen LogP contribution in [0.15, 0.2) is 24.3 Å². The first kappa shape index (κ1) is 13.9. The molecule has 0 bridgehead atoms. The van der Waals surface area contributed by atoms with E-state index in [1.165, 1.54) is 6.42 Å². The number of amides is 1. The van der Waals surface area contributed by atoms with Gasteiger partial charge in [0.05, 0.1) is 12.5 Å². The molecule has 1 saturated heterocycles. The number of nitrogens with zero attached hydrogens (tertiary/aromatic N) is 1. The third-order valence-corrected chi connectivity index (χ3v) is 3.96. The molecular formula is C16H23NO2. The van der Waals surface area contributed by atoms with Crippen LogP contribution in [-0.4, -0.2) is 31.0 Å². The minimum absolute atomic E-state index is 0.205. The van der Waals surface area contributed by atoms with Crippen molar-refractivity contribution in [1.82, 2.24) is 4.90 Å². The van der Waals surface area contributed by atoms with Gasteiger partial charge in [0.1, 0.15) is 5.75 Å². The van der Waals surface area contributed by atoms with Crippen LogP contribution in [0.3, 0.4) is 0 Å². The SMILES string of the molecule is COc1ccccc1C(C)(C)C(=O)N1CCCCC1. The molecule has 0 saturated carbocycles. The lowest BCUT2D eigenvalue weighted by molar-refractivity contribution is -0.137. The van der Waals surface area contributed by atoms with Gasteiger partial charge in [-0.25, -0.2) is 0 Å². The first-order valence-corrected chi connectivity index (χ1v) is 7.00. The molecule has 2 rings (SSSR count). The summed E-state index contributed by atoms with van der Waals surface area (Å²) in [4.78, 5) is 14.8. The van der Waals surface area contributed by atoms with Crippen molar-refractivity contribution in [2.24, 2.45) is 0 Å². The number of methoxy groups -OCH3 is 1. The quantitative estimate of drug-likeness (QED) is 0.837. The number of ether oxygens (including phenoxy) is 1. The largest absolute Gasteiger partial charge is 0.496 e. The lowest BCUT2D eigenvalue weighted by Crippen LogP contribution is -2.45. The van der Waals surface area contributed by atoms with E-state index in [4.69, 9.17) is 4.74 Å². The molecule has 0 spiro atoms. The maximum Gasteiger partial charge on any atom is 0.232 e. The first-order chi connectivity index (χ1) is 9.07. The van der Waals surface area contributed by atoms with E-state index in [2.05, 4.69) is 0 Å². The molecule has 0 radical (unpaired) electrons. The molecule has 0 atom stereocenters. The summed E-state index contributed by atoms with van der Waals surface area (Å²) in [5, 5.41) is 0. The molecule has 1 aliphatic heterocycles. The van der Waals surface area contributed by atoms with Crippen LogP contribution in [0.1, 0.15) is 38.7 Å². The minimum Gasteiger partial charge on any atom is -0.496 e. The zero-order valence-electron chi connectivity index (χ0n) is 12.1. The number of likely N-dealkylation sites (tertiary alicyclic amines) is 1. The van der Waals surface area contributed by atoms with Crippen molar-refractivity contribution in [3.63, 3.8) is 0 Å². The van der Waals surface area contributed by atoms with Gasteiger partial charge in [-0.1, -0.05) is 18.2 Å². The fourth-order valence-corrected chi connectivity index (χ4v) is 2.77. The van der Waals surface area contributed by atoms with Gasteiger partial charge in [0.2, 0.25) is 5.91 Å². The van der Waals surface area contributed by atoms with Gasteiger partial charge in [0.25, 0.3) is 0 Å². The molecule has 3 heteroatoms. The lowest BCUT2D eigenvalue weighted by Gasteiger charge is -2.35. The summed E-state index contributed by atoms with van der Waals surface area (Å²) in [5.41, 5.74) is 0.428. The smallest absolute Gasteiger partial charge is 0.232 e. The third-order valence-electron chi connectivity index (χ3n) is 3.96. The monoisotopic (exact) mass is 261 g/mol. The normalized spacial score (nSPS) is 16.3. The fraction of sp³-hybridized carbons (Fsp3) is 0.562. The Morgan fingerprint density at radius 3 is 2.42 bits per heavy atom. The van der Waals surface area contributed by atoms with Crippen molar-refractivity contribution in [2.45, 2.75) is 38.5 Å². The van der Waals surface area contributed by atoms with Gasteiger partial charge in [-0.3, -0.25) is 4.79 Å². The van der Waals surface area contributed by atoms with Crippen LogP contribution in [0.5, 0.6) is 5.75 Å². The second-order valence-corrected chi connectivity index (χ2v) is 5.68. The van der Waals surface area contributed by atoms with Gasteiger partial charge in [-0.2, -0.15) is 0 Å². The van der Waals surface area contributed by atoms with Crippen molar-refractivity contribution in [3.05, 3.63) is 29.8 Å². The zero-order chi connectivity index (χ0) is 13.9. The van der Waals surface area contributed by atoms with Crippen LogP contribution in [0.4, 0.5) is 0 Å². The summed E-state index contributed by atoms with van der Waals surface area (Å²) in [6.45, 7) is 5.75. The molecule has 0 aromatic heterocycles. The Kier molecular flexibility index (Phi) is 4.13. The van der Waals surface area contributed by atoms with Crippen molar-refractivity contribution < 1.29 is 9.53 Å². The van der Waals surface area contributed by atoms with E-state index in [1.54, 1.807) is 7.11 Å². The standard InChI is InChI=1S/C16H23NO2/c1-16(2,13-9-5-6-10-14(13)19-3)15(18)17-11-7-4-8-12-17/h5-6,9-10H,4,7-8,11-12H2,1-3H3. The maximum atomic E-state index is 12.8. The second kappa shape index (κ2) is 5.64. The van der Waals surface area contributed by atoms with E-state index in [0.29, 0.717) is 0 Å². The topological polar surface area (TPSA) is 29.5 Å². The molecule has 0 N–H and O–H groups in total. The Bertz CT molecular complexity index is 448. The van der Waals surface area contributed by atoms with Gasteiger partial charge >= 0.3 is 0 Å². The van der Waals surface area contributed by atoms with E-state index in [0.717, 1.165) is 37.2 Å². The Hall–Kier alpha value is -1.51. The second-order valence-electron chi connectivity index (χ2n) is 5.68. The summed E-state index contributed by atoms with van der Waals surface area (Å²) in [5.74, 6) is 0.995. The number of carbonyl (C=O) groups is 1. The Morgan fingerprint density at radius 1 is 1.16 bits per heavy atom. The molecule has 1 fully saturated rings. The molecule has 1 aromatic rings. The van der Waals surface area contributed by atoms with Crippen molar-refractivity contribution in [2.75, 3.05) is 20.2 Å². The number of para-hydroxylation sites is 1. The highest BCUT2D eigenvalue weighted by Crippen LogP contribution is 2.33. The van der Waals surface area contributed by atoms with Gasteiger partial charge in [0, 0.05) is 18.7 Å². The summed E-state index contributed by atoms with van der Waals surface area (Å²) in [7, 11) is 1.65. The van der Waals surface area contributed by atoms with Crippen LogP contribution in [-0.2, 0) is 10.2 Å². The minimum atomic E-state index is -0.538. The molecule has 104 valence electrons. The van der Waals surface area contributed by atoms with Crippen LogP contribution in [0, 0.1) is 0 Å². The van der Waals surface area contributed by atoms with Gasteiger partial charge < -0.3 is 9.64 Å². The molecule has 1 amide bonds. The van der Waals surface area contributed by atoms with Crippen LogP contribution in [0.2, 0.25) is 0 Å². The number of rotatable bonds is 3. The van der Waals surface area contributed by atoms with Gasteiger partial charge in [0.15, 0.2) is 0 Å². The van der Waals surface area contributed by atoms with Crippen LogP contribution >= 0.6 is 0 Å².